The molecule has 1 aliphatic heterocycles. The van der Waals surface area contributed by atoms with Gasteiger partial charge < -0.3 is 9.64 Å². The lowest BCUT2D eigenvalue weighted by molar-refractivity contribution is -0.116. The molecule has 3 aromatic rings. The highest BCUT2D eigenvalue weighted by atomic mass is 32.2. The van der Waals surface area contributed by atoms with Crippen LogP contribution < -0.4 is 9.64 Å². The van der Waals surface area contributed by atoms with Crippen molar-refractivity contribution in [3.8, 4) is 5.75 Å². The van der Waals surface area contributed by atoms with Gasteiger partial charge in [0.2, 0.25) is 5.91 Å². The fourth-order valence-electron chi connectivity index (χ4n) is 3.50. The summed E-state index contributed by atoms with van der Waals surface area (Å²) >= 11 is 1.40. The van der Waals surface area contributed by atoms with Gasteiger partial charge in [0, 0.05) is 18.8 Å². The summed E-state index contributed by atoms with van der Waals surface area (Å²) in [7, 11) is 0. The molecule has 7 heteroatoms. The van der Waals surface area contributed by atoms with Crippen LogP contribution in [0.25, 0.3) is 0 Å². The van der Waals surface area contributed by atoms with Gasteiger partial charge >= 0.3 is 0 Å². The summed E-state index contributed by atoms with van der Waals surface area (Å²) < 4.78 is 7.82. The van der Waals surface area contributed by atoms with Gasteiger partial charge in [0.15, 0.2) is 11.0 Å². The zero-order chi connectivity index (χ0) is 20.9. The minimum absolute atomic E-state index is 0.0793. The van der Waals surface area contributed by atoms with Gasteiger partial charge in [-0.05, 0) is 42.7 Å². The van der Waals surface area contributed by atoms with Gasteiger partial charge in [-0.25, -0.2) is 0 Å². The van der Waals surface area contributed by atoms with E-state index in [1.807, 2.05) is 58.9 Å². The molecule has 154 valence electrons. The number of carbonyl (C=O) groups is 1. The lowest BCUT2D eigenvalue weighted by Gasteiger charge is -2.17. The van der Waals surface area contributed by atoms with E-state index >= 15 is 0 Å². The molecule has 0 fully saturated rings. The van der Waals surface area contributed by atoms with E-state index in [9.17, 15) is 4.79 Å². The van der Waals surface area contributed by atoms with E-state index in [4.69, 9.17) is 4.74 Å². The first-order valence-corrected chi connectivity index (χ1v) is 10.9. The number of hydrogen-bond donors (Lipinski definition) is 0. The lowest BCUT2D eigenvalue weighted by atomic mass is 10.2. The summed E-state index contributed by atoms with van der Waals surface area (Å²) in [4.78, 5) is 14.7. The van der Waals surface area contributed by atoms with Crippen LogP contribution in [0.3, 0.4) is 0 Å². The second-order valence-corrected chi connectivity index (χ2v) is 8.06. The van der Waals surface area contributed by atoms with Crippen molar-refractivity contribution in [2.75, 3.05) is 17.2 Å². The van der Waals surface area contributed by atoms with Crippen LogP contribution >= 0.6 is 11.8 Å². The van der Waals surface area contributed by atoms with Crippen LogP contribution in [0.15, 0.2) is 66.3 Å². The van der Waals surface area contributed by atoms with Crippen LogP contribution in [0.5, 0.6) is 5.75 Å². The smallest absolute Gasteiger partial charge is 0.237 e. The Morgan fingerprint density at radius 1 is 1.23 bits per heavy atom. The van der Waals surface area contributed by atoms with Gasteiger partial charge in [0.25, 0.3) is 0 Å². The number of para-hydroxylation sites is 1. The van der Waals surface area contributed by atoms with Crippen LogP contribution in [-0.4, -0.2) is 33.0 Å². The summed E-state index contributed by atoms with van der Waals surface area (Å²) in [6, 6.07) is 16.0. The fraction of sp³-hybridized carbons (Fsp3) is 0.261. The zero-order valence-electron chi connectivity index (χ0n) is 17.0. The molecule has 30 heavy (non-hydrogen) atoms. The maximum atomic E-state index is 12.8. The Bertz CT molecular complexity index is 1060. The van der Waals surface area contributed by atoms with Crippen LogP contribution in [0.4, 0.5) is 5.69 Å². The van der Waals surface area contributed by atoms with E-state index in [1.165, 1.54) is 17.3 Å². The van der Waals surface area contributed by atoms with Crippen molar-refractivity contribution in [2.45, 2.75) is 31.7 Å². The summed E-state index contributed by atoms with van der Waals surface area (Å²) in [6.07, 6.45) is 2.70. The molecule has 0 saturated carbocycles. The molecule has 2 heterocycles. The van der Waals surface area contributed by atoms with Crippen molar-refractivity contribution in [2.24, 2.45) is 0 Å². The summed E-state index contributed by atoms with van der Waals surface area (Å²) in [5, 5.41) is 9.26. The second kappa shape index (κ2) is 9.17. The standard InChI is InChI=1S/C23H24N4O2S/c1-3-12-27-21(15-29-19-9-6-7-17(2)14-19)24-25-23(27)30-16-22(28)26-13-11-18-8-4-5-10-20(18)26/h3-10,14H,1,11-13,15-16H2,2H3. The van der Waals surface area contributed by atoms with Crippen LogP contribution in [0, 0.1) is 6.92 Å². The molecule has 0 unspecified atom stereocenters. The number of fused-ring (bicyclic) bond motifs is 1. The fourth-order valence-corrected chi connectivity index (χ4v) is 4.34. The SMILES string of the molecule is C=CCn1c(COc2cccc(C)c2)nnc1SCC(=O)N1CCc2ccccc21. The normalized spacial score (nSPS) is 12.6. The molecule has 6 nitrogen and oxygen atoms in total. The Balaban J connectivity index is 1.41. The van der Waals surface area contributed by atoms with E-state index in [-0.39, 0.29) is 5.91 Å². The number of nitrogens with zero attached hydrogens (tertiary/aromatic N) is 4. The van der Waals surface area contributed by atoms with Crippen LogP contribution in [0.2, 0.25) is 0 Å². The van der Waals surface area contributed by atoms with Crippen molar-refractivity contribution in [1.82, 2.24) is 14.8 Å². The molecule has 0 N–H and O–H groups in total. The van der Waals surface area contributed by atoms with Crippen molar-refractivity contribution in [3.05, 3.63) is 78.1 Å². The molecule has 0 atom stereocenters. The minimum Gasteiger partial charge on any atom is -0.486 e. The van der Waals surface area contributed by atoms with Gasteiger partial charge in [0.05, 0.1) is 5.75 Å². The highest BCUT2D eigenvalue weighted by molar-refractivity contribution is 7.99. The number of ether oxygens (including phenoxy) is 1. The molecular formula is C23H24N4O2S. The number of thioether (sulfide) groups is 1. The number of hydrogen-bond acceptors (Lipinski definition) is 5. The number of aryl methyl sites for hydroxylation is 1. The highest BCUT2D eigenvalue weighted by Crippen LogP contribution is 2.29. The van der Waals surface area contributed by atoms with Gasteiger partial charge in [-0.2, -0.15) is 0 Å². The van der Waals surface area contributed by atoms with E-state index in [1.54, 1.807) is 6.08 Å². The molecule has 0 spiro atoms. The number of aromatic nitrogens is 3. The van der Waals surface area contributed by atoms with Crippen molar-refractivity contribution >= 4 is 23.4 Å². The highest BCUT2D eigenvalue weighted by Gasteiger charge is 2.24. The number of rotatable bonds is 8. The third-order valence-corrected chi connectivity index (χ3v) is 5.93. The Kier molecular flexibility index (Phi) is 6.18. The Morgan fingerprint density at radius 2 is 2.10 bits per heavy atom. The Hall–Kier alpha value is -3.06. The molecular weight excluding hydrogens is 396 g/mol. The summed E-state index contributed by atoms with van der Waals surface area (Å²) in [6.45, 7) is 7.45. The number of benzene rings is 2. The maximum absolute atomic E-state index is 12.8. The molecule has 0 bridgehead atoms. The van der Waals surface area contributed by atoms with Crippen LogP contribution in [0.1, 0.15) is 17.0 Å². The zero-order valence-corrected chi connectivity index (χ0v) is 17.8. The van der Waals surface area contributed by atoms with E-state index in [2.05, 4.69) is 22.8 Å². The monoisotopic (exact) mass is 420 g/mol. The maximum Gasteiger partial charge on any atom is 0.237 e. The van der Waals surface area contributed by atoms with Crippen molar-refractivity contribution in [1.29, 1.82) is 0 Å². The first-order chi connectivity index (χ1) is 14.7. The molecule has 0 saturated heterocycles. The number of carbonyl (C=O) groups excluding carboxylic acids is 1. The predicted molar refractivity (Wildman–Crippen MR) is 119 cm³/mol. The van der Waals surface area contributed by atoms with E-state index < -0.39 is 0 Å². The second-order valence-electron chi connectivity index (χ2n) is 7.12. The first kappa shape index (κ1) is 20.2. The molecule has 1 amide bonds. The molecule has 2 aromatic carbocycles. The first-order valence-electron chi connectivity index (χ1n) is 9.89. The summed E-state index contributed by atoms with van der Waals surface area (Å²) in [5.74, 6) is 1.89. The number of anilines is 1. The van der Waals surface area contributed by atoms with Gasteiger partial charge in [-0.15, -0.1) is 16.8 Å². The predicted octanol–water partition coefficient (Wildman–Crippen LogP) is 4.03. The average Bonchev–Trinajstić information content (AvgIpc) is 3.35. The van der Waals surface area contributed by atoms with E-state index in [0.29, 0.717) is 29.9 Å². The molecule has 0 aliphatic carbocycles. The van der Waals surface area contributed by atoms with Crippen molar-refractivity contribution < 1.29 is 9.53 Å². The quantitative estimate of drug-likeness (QED) is 0.407. The van der Waals surface area contributed by atoms with E-state index in [0.717, 1.165) is 30.0 Å². The van der Waals surface area contributed by atoms with Gasteiger partial charge in [0.1, 0.15) is 12.4 Å². The molecule has 1 aliphatic rings. The summed E-state index contributed by atoms with van der Waals surface area (Å²) in [5.41, 5.74) is 3.38. The number of allylic oxidation sites excluding steroid dienone is 1. The molecule has 1 aromatic heterocycles. The van der Waals surface area contributed by atoms with Crippen LogP contribution in [-0.2, 0) is 24.4 Å². The molecule has 0 radical (unpaired) electrons. The Labute approximate surface area is 180 Å². The number of amides is 1. The lowest BCUT2D eigenvalue weighted by Crippen LogP contribution is -2.30. The largest absolute Gasteiger partial charge is 0.486 e. The average molecular weight is 421 g/mol. The third kappa shape index (κ3) is 4.41. The van der Waals surface area contributed by atoms with Gasteiger partial charge in [-0.3, -0.25) is 9.36 Å². The Morgan fingerprint density at radius 3 is 2.93 bits per heavy atom. The third-order valence-electron chi connectivity index (χ3n) is 4.98. The van der Waals surface area contributed by atoms with Gasteiger partial charge in [-0.1, -0.05) is 48.2 Å². The minimum atomic E-state index is 0.0793. The molecule has 4 rings (SSSR count). The van der Waals surface area contributed by atoms with Crippen molar-refractivity contribution in [3.63, 3.8) is 0 Å². The topological polar surface area (TPSA) is 60.2 Å².